The molecular weight excluding hydrogens is 420 g/mol. The summed E-state index contributed by atoms with van der Waals surface area (Å²) in [6.07, 6.45) is 0. The zero-order chi connectivity index (χ0) is 14.1. The van der Waals surface area contributed by atoms with Crippen molar-refractivity contribution in [3.63, 3.8) is 0 Å². The van der Waals surface area contributed by atoms with E-state index in [1.165, 1.54) is 0 Å². The van der Waals surface area contributed by atoms with Crippen LogP contribution in [-0.4, -0.2) is 50.3 Å². The van der Waals surface area contributed by atoms with Gasteiger partial charge in [0.15, 0.2) is 0 Å². The molecule has 0 aliphatic carbocycles. The zero-order valence-corrected chi connectivity index (χ0v) is 11.2. The maximum absolute atomic E-state index is 11.6. The Kier molecular flexibility index (Phi) is 5.14. The topological polar surface area (TPSA) is 86.7 Å². The van der Waals surface area contributed by atoms with Gasteiger partial charge in [-0.15, -0.1) is 0 Å². The fraction of sp³-hybridized carbons (Fsp3) is 1.00. The van der Waals surface area contributed by atoms with E-state index in [4.69, 9.17) is 0 Å². The van der Waals surface area contributed by atoms with Crippen molar-refractivity contribution in [2.24, 2.45) is 0 Å². The molecule has 0 amide bonds. The molecule has 1 radical (unpaired) electrons. The van der Waals surface area contributed by atoms with E-state index < -0.39 is 53.7 Å². The van der Waals surface area contributed by atoms with Crippen molar-refractivity contribution >= 4 is 42.7 Å². The Labute approximate surface area is 102 Å². The molecule has 0 spiro atoms. The van der Waals surface area contributed by atoms with Gasteiger partial charge in [-0.25, -0.2) is 0 Å². The normalized spacial score (nSPS) is 14.9. The second-order valence-corrected chi connectivity index (χ2v) is 8.04. The molecule has 0 bridgehead atoms. The second kappa shape index (κ2) is 5.07. The van der Waals surface area contributed by atoms with Crippen molar-refractivity contribution < 1.29 is 48.1 Å². The molecule has 15 heteroatoms. The van der Waals surface area contributed by atoms with Gasteiger partial charge in [-0.2, -0.15) is 0 Å². The SMILES string of the molecule is O=S(=O)([O][Sb][O]S(=O)(=O)C(F)(F)F)C(F)(F)F. The van der Waals surface area contributed by atoms with Gasteiger partial charge in [-0.05, 0) is 0 Å². The molecule has 6 nitrogen and oxygen atoms in total. The summed E-state index contributed by atoms with van der Waals surface area (Å²) in [6.45, 7) is 0. The molecule has 103 valence electrons. The Balaban J connectivity index is 4.58. The van der Waals surface area contributed by atoms with Gasteiger partial charge in [0.25, 0.3) is 0 Å². The van der Waals surface area contributed by atoms with Crippen LogP contribution in [0.1, 0.15) is 0 Å². The Morgan fingerprint density at radius 1 is 0.706 bits per heavy atom. The van der Waals surface area contributed by atoms with Crippen molar-refractivity contribution in [1.82, 2.24) is 0 Å². The minimum absolute atomic E-state index is 3.02. The standard InChI is InChI=1S/2CHF3O3S.Sb/c2*2-1(3,4)8(5,6)7;/h2*(H,5,6,7);/q;;+2/p-2. The zero-order valence-electron chi connectivity index (χ0n) is 6.98. The molecule has 0 aromatic carbocycles. The third kappa shape index (κ3) is 4.77. The summed E-state index contributed by atoms with van der Waals surface area (Å²) in [6, 6.07) is 0. The maximum atomic E-state index is 11.6. The monoisotopic (exact) mass is 419 g/mol. The number of alkyl halides is 6. The molecule has 0 unspecified atom stereocenters. The van der Waals surface area contributed by atoms with Crippen LogP contribution in [0.5, 0.6) is 0 Å². The number of hydrogen-bond donors (Lipinski definition) is 0. The van der Waals surface area contributed by atoms with Crippen LogP contribution in [0.15, 0.2) is 0 Å². The molecule has 0 aromatic heterocycles. The first-order valence-corrected chi connectivity index (χ1v) is 7.81. The van der Waals surface area contributed by atoms with Crippen LogP contribution >= 0.6 is 0 Å². The summed E-state index contributed by atoms with van der Waals surface area (Å²) in [5, 5.41) is 0. The van der Waals surface area contributed by atoms with E-state index in [0.717, 1.165) is 0 Å². The van der Waals surface area contributed by atoms with Gasteiger partial charge in [0.05, 0.1) is 0 Å². The van der Waals surface area contributed by atoms with Crippen LogP contribution in [0.3, 0.4) is 0 Å². The summed E-state index contributed by atoms with van der Waals surface area (Å²) in [7, 11) is -12.3. The summed E-state index contributed by atoms with van der Waals surface area (Å²) in [4.78, 5) is 0. The Hall–Kier alpha value is 0.218. The molecule has 0 saturated carbocycles. The number of hydrogen-bond acceptors (Lipinski definition) is 6. The quantitative estimate of drug-likeness (QED) is 0.369. The second-order valence-electron chi connectivity index (χ2n) is 2.02. The average Bonchev–Trinajstić information content (AvgIpc) is 1.98. The third-order valence-corrected chi connectivity index (χ3v) is 6.88. The fourth-order valence-corrected chi connectivity index (χ4v) is 4.06. The predicted molar refractivity (Wildman–Crippen MR) is 37.9 cm³/mol. The van der Waals surface area contributed by atoms with Crippen LogP contribution < -0.4 is 0 Å². The fourth-order valence-electron chi connectivity index (χ4n) is 0.177. The molecule has 0 saturated heterocycles. The van der Waals surface area contributed by atoms with Gasteiger partial charge in [-0.1, -0.05) is 0 Å². The third-order valence-electron chi connectivity index (χ3n) is 0.824. The number of halogens is 6. The van der Waals surface area contributed by atoms with E-state index in [-0.39, 0.29) is 0 Å². The first kappa shape index (κ1) is 17.2. The van der Waals surface area contributed by atoms with Crippen LogP contribution in [0.25, 0.3) is 0 Å². The van der Waals surface area contributed by atoms with Crippen LogP contribution in [0.4, 0.5) is 26.3 Å². The van der Waals surface area contributed by atoms with E-state index in [2.05, 4.69) is 4.92 Å². The van der Waals surface area contributed by atoms with Gasteiger partial charge >= 0.3 is 102 Å². The molecule has 0 aromatic rings. The summed E-state index contributed by atoms with van der Waals surface area (Å²) in [5.74, 6) is 0. The van der Waals surface area contributed by atoms with E-state index in [9.17, 15) is 43.2 Å². The van der Waals surface area contributed by atoms with Crippen molar-refractivity contribution in [2.75, 3.05) is 0 Å². The van der Waals surface area contributed by atoms with Gasteiger partial charge in [-0.3, -0.25) is 0 Å². The Morgan fingerprint density at radius 3 is 1.12 bits per heavy atom. The average molecular weight is 420 g/mol. The first-order chi connectivity index (χ1) is 7.21. The van der Waals surface area contributed by atoms with Gasteiger partial charge in [0, 0.05) is 0 Å². The molecule has 0 fully saturated rings. The van der Waals surface area contributed by atoms with Gasteiger partial charge in [0.2, 0.25) is 0 Å². The first-order valence-electron chi connectivity index (χ1n) is 2.91. The molecule has 0 atom stereocenters. The Morgan fingerprint density at radius 2 is 0.941 bits per heavy atom. The van der Waals surface area contributed by atoms with Gasteiger partial charge < -0.3 is 0 Å². The van der Waals surface area contributed by atoms with Crippen molar-refractivity contribution in [2.45, 2.75) is 11.0 Å². The summed E-state index contributed by atoms with van der Waals surface area (Å²) < 4.78 is 116. The minimum atomic E-state index is -6.16. The van der Waals surface area contributed by atoms with Crippen molar-refractivity contribution in [3.05, 3.63) is 0 Å². The van der Waals surface area contributed by atoms with Crippen LogP contribution in [0.2, 0.25) is 0 Å². The van der Waals surface area contributed by atoms with Crippen molar-refractivity contribution in [3.8, 4) is 0 Å². The van der Waals surface area contributed by atoms with Crippen LogP contribution in [-0.2, 0) is 25.2 Å². The van der Waals surface area contributed by atoms with E-state index in [0.29, 0.717) is 0 Å². The molecule has 0 aliphatic heterocycles. The summed E-state index contributed by atoms with van der Waals surface area (Å²) >= 11 is -3.68. The van der Waals surface area contributed by atoms with E-state index in [1.54, 1.807) is 0 Å². The van der Waals surface area contributed by atoms with E-state index in [1.807, 2.05) is 0 Å². The van der Waals surface area contributed by atoms with Crippen molar-refractivity contribution in [1.29, 1.82) is 0 Å². The predicted octanol–water partition coefficient (Wildman–Crippen LogP) is 0.253. The molecule has 0 heterocycles. The number of rotatable bonds is 4. The molecule has 0 N–H and O–H groups in total. The molecule has 0 rings (SSSR count). The van der Waals surface area contributed by atoms with E-state index >= 15 is 0 Å². The van der Waals surface area contributed by atoms with Gasteiger partial charge in [0.1, 0.15) is 0 Å². The molecular formula is C2F6O6S2Sb. The van der Waals surface area contributed by atoms with Crippen LogP contribution in [0, 0.1) is 0 Å². The molecule has 0 aliphatic rings. The summed E-state index contributed by atoms with van der Waals surface area (Å²) in [5.41, 5.74) is -11.7. The molecule has 17 heavy (non-hydrogen) atoms. The Bertz CT molecular complexity index is 414.